The molecular formula is C35H48O6. The highest BCUT2D eigenvalue weighted by Crippen LogP contribution is 2.32. The second-order valence-corrected chi connectivity index (χ2v) is 14.7. The Morgan fingerprint density at radius 1 is 0.537 bits per heavy atom. The fraction of sp³-hybridized carbons (Fsp3) is 0.486. The second-order valence-electron chi connectivity index (χ2n) is 14.7. The van der Waals surface area contributed by atoms with Crippen molar-refractivity contribution in [3.8, 4) is 0 Å². The molecule has 0 aliphatic carbocycles. The molecule has 0 spiro atoms. The van der Waals surface area contributed by atoms with Crippen LogP contribution in [0.4, 0.5) is 0 Å². The Morgan fingerprint density at radius 2 is 0.780 bits per heavy atom. The second kappa shape index (κ2) is 12.1. The zero-order valence-corrected chi connectivity index (χ0v) is 26.9. The molecule has 0 radical (unpaired) electrons. The molecule has 224 valence electrons. The van der Waals surface area contributed by atoms with Crippen LogP contribution in [0.1, 0.15) is 116 Å². The molecule has 0 amide bonds. The fourth-order valence-corrected chi connectivity index (χ4v) is 3.92. The van der Waals surface area contributed by atoms with Crippen molar-refractivity contribution in [3.05, 3.63) is 81.3 Å². The number of carbonyl (C=O) groups is 2. The third-order valence-electron chi connectivity index (χ3n) is 6.78. The van der Waals surface area contributed by atoms with E-state index in [9.17, 15) is 19.8 Å². The van der Waals surface area contributed by atoms with E-state index in [0.29, 0.717) is 11.1 Å². The van der Waals surface area contributed by atoms with Crippen molar-refractivity contribution < 1.29 is 29.3 Å². The zero-order valence-electron chi connectivity index (χ0n) is 26.9. The molecule has 0 bridgehead atoms. The third-order valence-corrected chi connectivity index (χ3v) is 6.78. The number of hydrogen-bond donors (Lipinski definition) is 2. The summed E-state index contributed by atoms with van der Waals surface area (Å²) in [5.74, 6) is -3.35. The minimum atomic E-state index is -1.05. The van der Waals surface area contributed by atoms with Gasteiger partial charge in [0, 0.05) is 0 Å². The van der Waals surface area contributed by atoms with Crippen molar-refractivity contribution in [3.63, 3.8) is 0 Å². The van der Waals surface area contributed by atoms with Crippen LogP contribution in [-0.2, 0) is 40.7 Å². The van der Waals surface area contributed by atoms with E-state index < -0.39 is 30.2 Å². The summed E-state index contributed by atoms with van der Waals surface area (Å²) in [5.41, 5.74) is 5.04. The maximum absolute atomic E-state index is 12.4. The van der Waals surface area contributed by atoms with E-state index in [1.54, 1.807) is 0 Å². The van der Waals surface area contributed by atoms with Gasteiger partial charge in [-0.1, -0.05) is 119 Å². The van der Waals surface area contributed by atoms with Crippen LogP contribution in [0.2, 0.25) is 0 Å². The predicted molar refractivity (Wildman–Crippen MR) is 166 cm³/mol. The van der Waals surface area contributed by atoms with Crippen LogP contribution in [0.15, 0.2) is 47.9 Å². The van der Waals surface area contributed by atoms with Crippen LogP contribution in [0.5, 0.6) is 0 Å². The molecule has 6 nitrogen and oxygen atoms in total. The monoisotopic (exact) mass is 564 g/mol. The molecule has 41 heavy (non-hydrogen) atoms. The summed E-state index contributed by atoms with van der Waals surface area (Å²) in [6.07, 6.45) is 2.67. The number of esters is 2. The Balaban J connectivity index is 2.16. The first-order valence-electron chi connectivity index (χ1n) is 14.0. The highest BCUT2D eigenvalue weighted by atomic mass is 16.7. The highest BCUT2D eigenvalue weighted by Gasteiger charge is 2.22. The molecule has 0 aliphatic rings. The highest BCUT2D eigenvalue weighted by molar-refractivity contribution is 5.92. The number of hydrogen-bond acceptors (Lipinski definition) is 6. The molecular weight excluding hydrogens is 516 g/mol. The lowest BCUT2D eigenvalue weighted by atomic mass is 9.79. The van der Waals surface area contributed by atoms with Gasteiger partial charge in [-0.3, -0.25) is 0 Å². The summed E-state index contributed by atoms with van der Waals surface area (Å²) < 4.78 is 9.86. The maximum Gasteiger partial charge on any atom is 0.376 e. The first-order chi connectivity index (χ1) is 18.5. The lowest BCUT2D eigenvalue weighted by Crippen LogP contribution is -2.17. The molecule has 0 saturated heterocycles. The summed E-state index contributed by atoms with van der Waals surface area (Å²) in [4.78, 5) is 24.8. The van der Waals surface area contributed by atoms with Gasteiger partial charge in [0.25, 0.3) is 0 Å². The summed E-state index contributed by atoms with van der Waals surface area (Å²) >= 11 is 0. The van der Waals surface area contributed by atoms with E-state index in [2.05, 4.69) is 95.2 Å². The quantitative estimate of drug-likeness (QED) is 0.158. The molecule has 2 N–H and O–H groups in total. The normalized spacial score (nSPS) is 13.7. The van der Waals surface area contributed by atoms with Gasteiger partial charge >= 0.3 is 11.9 Å². The number of benzene rings is 2. The van der Waals surface area contributed by atoms with Gasteiger partial charge in [0.1, 0.15) is 0 Å². The standard InChI is InChI=1S/C35H48O6/c1-32(2,3)24-13-22(14-25(19-24)33(4,5)6)17-28(36)30(38)40-21-41-31(39)29(37)18-23-15-26(34(7,8)9)20-27(16-23)35(10,11)12/h13-20,36-37H,21H2,1-12H3. The lowest BCUT2D eigenvalue weighted by Gasteiger charge is -2.25. The van der Waals surface area contributed by atoms with E-state index >= 15 is 0 Å². The molecule has 0 fully saturated rings. The van der Waals surface area contributed by atoms with Crippen molar-refractivity contribution in [2.75, 3.05) is 6.79 Å². The maximum atomic E-state index is 12.4. The number of aliphatic hydroxyl groups excluding tert-OH is 2. The van der Waals surface area contributed by atoms with Gasteiger partial charge < -0.3 is 19.7 Å². The van der Waals surface area contributed by atoms with Crippen LogP contribution in [-0.4, -0.2) is 28.9 Å². The Morgan fingerprint density at radius 3 is 1.00 bits per heavy atom. The number of rotatable bonds is 6. The average molecular weight is 565 g/mol. The molecule has 2 aromatic rings. The molecule has 0 heterocycles. The number of ether oxygens (including phenoxy) is 2. The number of aliphatic hydroxyl groups is 2. The van der Waals surface area contributed by atoms with Crippen LogP contribution < -0.4 is 0 Å². The lowest BCUT2D eigenvalue weighted by molar-refractivity contribution is -0.165. The van der Waals surface area contributed by atoms with Crippen molar-refractivity contribution in [2.45, 2.75) is 105 Å². The van der Waals surface area contributed by atoms with Gasteiger partial charge in [-0.05, 0) is 67.2 Å². The first kappa shape index (κ1) is 33.7. The van der Waals surface area contributed by atoms with Crippen molar-refractivity contribution in [1.82, 2.24) is 0 Å². The van der Waals surface area contributed by atoms with Crippen molar-refractivity contribution >= 4 is 24.1 Å². The van der Waals surface area contributed by atoms with E-state index in [4.69, 9.17) is 9.47 Å². The first-order valence-corrected chi connectivity index (χ1v) is 14.0. The van der Waals surface area contributed by atoms with E-state index in [1.807, 2.05) is 24.3 Å². The average Bonchev–Trinajstić information content (AvgIpc) is 2.81. The topological polar surface area (TPSA) is 93.1 Å². The van der Waals surface area contributed by atoms with Crippen LogP contribution >= 0.6 is 0 Å². The van der Waals surface area contributed by atoms with Crippen LogP contribution in [0.3, 0.4) is 0 Å². The molecule has 6 heteroatoms. The summed E-state index contributed by atoms with van der Waals surface area (Å²) in [5, 5.41) is 20.8. The Bertz CT molecular complexity index is 1160. The van der Waals surface area contributed by atoms with Crippen LogP contribution in [0.25, 0.3) is 12.2 Å². The predicted octanol–water partition coefficient (Wildman–Crippen LogP) is 8.42. The third kappa shape index (κ3) is 9.80. The summed E-state index contributed by atoms with van der Waals surface area (Å²) in [6.45, 7) is 24.4. The van der Waals surface area contributed by atoms with E-state index in [1.165, 1.54) is 12.2 Å². The Hall–Kier alpha value is -3.54. The van der Waals surface area contributed by atoms with Crippen LogP contribution in [0, 0.1) is 0 Å². The minimum absolute atomic E-state index is 0.133. The van der Waals surface area contributed by atoms with Crippen molar-refractivity contribution in [2.24, 2.45) is 0 Å². The molecule has 2 rings (SSSR count). The SMILES string of the molecule is CC(C)(C)c1cc(C=C(O)C(=O)OCOC(=O)C(O)=Cc2cc(C(C)(C)C)cc(C(C)(C)C)c2)cc(C(C)(C)C)c1. The molecule has 0 aliphatic heterocycles. The fourth-order valence-electron chi connectivity index (χ4n) is 3.92. The van der Waals surface area contributed by atoms with E-state index in [0.717, 1.165) is 22.3 Å². The smallest absolute Gasteiger partial charge is 0.376 e. The Kier molecular flexibility index (Phi) is 9.97. The number of carbonyl (C=O) groups excluding carboxylic acids is 2. The summed E-state index contributed by atoms with van der Waals surface area (Å²) in [7, 11) is 0. The molecule has 0 unspecified atom stereocenters. The molecule has 0 atom stereocenters. The summed E-state index contributed by atoms with van der Waals surface area (Å²) in [6, 6.07) is 11.9. The molecule has 0 saturated carbocycles. The van der Waals surface area contributed by atoms with Gasteiger partial charge in [0.05, 0.1) is 0 Å². The molecule has 0 aromatic heterocycles. The largest absolute Gasteiger partial charge is 0.502 e. The zero-order chi connectivity index (χ0) is 31.6. The minimum Gasteiger partial charge on any atom is -0.502 e. The van der Waals surface area contributed by atoms with Gasteiger partial charge in [0.15, 0.2) is 0 Å². The van der Waals surface area contributed by atoms with E-state index in [-0.39, 0.29) is 21.7 Å². The van der Waals surface area contributed by atoms with Gasteiger partial charge in [-0.2, -0.15) is 0 Å². The Labute approximate surface area is 246 Å². The van der Waals surface area contributed by atoms with Crippen molar-refractivity contribution in [1.29, 1.82) is 0 Å². The van der Waals surface area contributed by atoms with Gasteiger partial charge in [-0.15, -0.1) is 0 Å². The molecule has 2 aromatic carbocycles. The van der Waals surface area contributed by atoms with Gasteiger partial charge in [0.2, 0.25) is 18.3 Å². The van der Waals surface area contributed by atoms with Gasteiger partial charge in [-0.25, -0.2) is 9.59 Å².